The van der Waals surface area contributed by atoms with Crippen LogP contribution in [0.2, 0.25) is 0 Å². The van der Waals surface area contributed by atoms with Crippen LogP contribution in [0.15, 0.2) is 72.8 Å². The first kappa shape index (κ1) is 19.8. The van der Waals surface area contributed by atoms with Crippen molar-refractivity contribution in [1.29, 1.82) is 0 Å². The Bertz CT molecular complexity index is 1070. The lowest BCUT2D eigenvalue weighted by Crippen LogP contribution is -2.42. The molecule has 30 heavy (non-hydrogen) atoms. The zero-order valence-electron chi connectivity index (χ0n) is 16.3. The first-order valence-corrected chi connectivity index (χ1v) is 9.87. The predicted octanol–water partition coefficient (Wildman–Crippen LogP) is 4.41. The van der Waals surface area contributed by atoms with E-state index in [9.17, 15) is 9.18 Å². The highest BCUT2D eigenvalue weighted by molar-refractivity contribution is 7.80. The number of para-hydroxylation sites is 2. The third kappa shape index (κ3) is 4.26. The number of nitrogens with zero attached hydrogens (tertiary/aromatic N) is 1. The van der Waals surface area contributed by atoms with Gasteiger partial charge in [-0.1, -0.05) is 36.4 Å². The van der Waals surface area contributed by atoms with Gasteiger partial charge in [-0.2, -0.15) is 0 Å². The van der Waals surface area contributed by atoms with Crippen LogP contribution < -0.4 is 20.3 Å². The maximum Gasteiger partial charge on any atom is 0.267 e. The van der Waals surface area contributed by atoms with Crippen LogP contribution in [0.25, 0.3) is 0 Å². The molecule has 1 aliphatic rings. The second-order valence-corrected chi connectivity index (χ2v) is 7.33. The minimum Gasteiger partial charge on any atom is -0.480 e. The van der Waals surface area contributed by atoms with Crippen molar-refractivity contribution in [3.8, 4) is 5.75 Å². The first-order valence-electron chi connectivity index (χ1n) is 9.46. The molecule has 1 heterocycles. The molecular weight excluding hydrogens is 401 g/mol. The molecule has 3 aromatic rings. The summed E-state index contributed by atoms with van der Waals surface area (Å²) >= 11 is 5.21. The third-order valence-corrected chi connectivity index (χ3v) is 5.09. The fourth-order valence-electron chi connectivity index (χ4n) is 3.33. The van der Waals surface area contributed by atoms with Gasteiger partial charge in [0.15, 0.2) is 11.2 Å². The molecule has 0 saturated carbocycles. The SMILES string of the molecule is CN(c1ccccc1)c1ccc(NC(=S)NC(=O)C2Cc3ccccc3O2)cc1F. The van der Waals surface area contributed by atoms with E-state index in [1.807, 2.05) is 54.6 Å². The number of anilines is 3. The molecule has 152 valence electrons. The van der Waals surface area contributed by atoms with Crippen LogP contribution in [0.5, 0.6) is 5.75 Å². The molecule has 2 N–H and O–H groups in total. The molecule has 3 aromatic carbocycles. The summed E-state index contributed by atoms with van der Waals surface area (Å²) in [5.74, 6) is -0.0450. The maximum atomic E-state index is 14.7. The van der Waals surface area contributed by atoms with E-state index in [-0.39, 0.29) is 11.0 Å². The second-order valence-electron chi connectivity index (χ2n) is 6.92. The molecule has 4 rings (SSSR count). The fraction of sp³-hybridized carbons (Fsp3) is 0.130. The minimum absolute atomic E-state index is 0.0862. The van der Waals surface area contributed by atoms with Gasteiger partial charge in [0, 0.05) is 24.8 Å². The van der Waals surface area contributed by atoms with Crippen LogP contribution in [0.4, 0.5) is 21.5 Å². The van der Waals surface area contributed by atoms with Crippen molar-refractivity contribution in [2.75, 3.05) is 17.3 Å². The Morgan fingerprint density at radius 2 is 1.83 bits per heavy atom. The number of ether oxygens (including phenoxy) is 1. The van der Waals surface area contributed by atoms with Gasteiger partial charge in [0.25, 0.3) is 5.91 Å². The molecule has 5 nitrogen and oxygen atoms in total. The highest BCUT2D eigenvalue weighted by atomic mass is 32.1. The number of fused-ring (bicyclic) bond motifs is 1. The molecule has 0 spiro atoms. The highest BCUT2D eigenvalue weighted by Crippen LogP contribution is 2.29. The Balaban J connectivity index is 1.37. The van der Waals surface area contributed by atoms with Gasteiger partial charge in [0.1, 0.15) is 11.6 Å². The normalized spacial score (nSPS) is 14.4. The van der Waals surface area contributed by atoms with Crippen molar-refractivity contribution in [2.45, 2.75) is 12.5 Å². The Hall–Kier alpha value is -3.45. The predicted molar refractivity (Wildman–Crippen MR) is 120 cm³/mol. The quantitative estimate of drug-likeness (QED) is 0.611. The standard InChI is InChI=1S/C23H20FN3O2S/c1-27(17-8-3-2-4-9-17)19-12-11-16(14-18(19)24)25-23(30)26-22(28)21-13-15-7-5-6-10-20(15)29-21/h2-12,14,21H,13H2,1H3,(H2,25,26,28,30). The van der Waals surface area contributed by atoms with Crippen LogP contribution >= 0.6 is 12.2 Å². The van der Waals surface area contributed by atoms with Crippen LogP contribution in [0.3, 0.4) is 0 Å². The summed E-state index contributed by atoms with van der Waals surface area (Å²) < 4.78 is 20.3. The number of hydrogen-bond acceptors (Lipinski definition) is 4. The molecule has 0 aromatic heterocycles. The van der Waals surface area contributed by atoms with E-state index < -0.39 is 11.9 Å². The van der Waals surface area contributed by atoms with Gasteiger partial charge >= 0.3 is 0 Å². The minimum atomic E-state index is -0.638. The molecule has 0 saturated heterocycles. The summed E-state index contributed by atoms with van der Waals surface area (Å²) in [5.41, 5.74) is 2.73. The smallest absolute Gasteiger partial charge is 0.267 e. The molecule has 0 bridgehead atoms. The third-order valence-electron chi connectivity index (χ3n) is 4.89. The summed E-state index contributed by atoms with van der Waals surface area (Å²) in [6.07, 6.45) is -0.152. The highest BCUT2D eigenvalue weighted by Gasteiger charge is 2.29. The van der Waals surface area contributed by atoms with E-state index in [0.717, 1.165) is 11.3 Å². The van der Waals surface area contributed by atoms with Gasteiger partial charge in [0.05, 0.1) is 5.69 Å². The largest absolute Gasteiger partial charge is 0.480 e. The lowest BCUT2D eigenvalue weighted by Gasteiger charge is -2.21. The molecule has 1 aliphatic heterocycles. The molecule has 0 radical (unpaired) electrons. The van der Waals surface area contributed by atoms with Gasteiger partial charge in [-0.15, -0.1) is 0 Å². The van der Waals surface area contributed by atoms with E-state index >= 15 is 0 Å². The summed E-state index contributed by atoms with van der Waals surface area (Å²) in [4.78, 5) is 14.2. The summed E-state index contributed by atoms with van der Waals surface area (Å²) in [5, 5.41) is 5.55. The number of hydrogen-bond donors (Lipinski definition) is 2. The van der Waals surface area contributed by atoms with Crippen molar-refractivity contribution in [3.05, 3.63) is 84.2 Å². The topological polar surface area (TPSA) is 53.6 Å². The lowest BCUT2D eigenvalue weighted by atomic mass is 10.1. The van der Waals surface area contributed by atoms with Gasteiger partial charge < -0.3 is 15.0 Å². The van der Waals surface area contributed by atoms with E-state index in [1.165, 1.54) is 6.07 Å². The Labute approximate surface area is 179 Å². The number of amides is 1. The van der Waals surface area contributed by atoms with E-state index in [0.29, 0.717) is 23.5 Å². The van der Waals surface area contributed by atoms with E-state index in [4.69, 9.17) is 17.0 Å². The monoisotopic (exact) mass is 421 g/mol. The van der Waals surface area contributed by atoms with E-state index in [2.05, 4.69) is 10.6 Å². The summed E-state index contributed by atoms with van der Waals surface area (Å²) in [7, 11) is 1.80. The number of benzene rings is 3. The molecule has 1 atom stereocenters. The number of thiocarbonyl (C=S) groups is 1. The Morgan fingerprint density at radius 3 is 2.57 bits per heavy atom. The maximum absolute atomic E-state index is 14.7. The summed E-state index contributed by atoms with van der Waals surface area (Å²) in [6.45, 7) is 0. The van der Waals surface area contributed by atoms with Gasteiger partial charge in [-0.05, 0) is 54.2 Å². The molecule has 0 fully saturated rings. The van der Waals surface area contributed by atoms with Crippen LogP contribution in [0.1, 0.15) is 5.56 Å². The number of rotatable bonds is 4. The average molecular weight is 421 g/mol. The zero-order chi connectivity index (χ0) is 21.1. The van der Waals surface area contributed by atoms with Crippen molar-refractivity contribution in [3.63, 3.8) is 0 Å². The first-order chi connectivity index (χ1) is 14.5. The molecule has 1 amide bonds. The molecular formula is C23H20FN3O2S. The van der Waals surface area contributed by atoms with Gasteiger partial charge in [0.2, 0.25) is 0 Å². The number of nitrogens with one attached hydrogen (secondary N) is 2. The van der Waals surface area contributed by atoms with E-state index in [1.54, 1.807) is 24.1 Å². The number of halogens is 1. The van der Waals surface area contributed by atoms with Gasteiger partial charge in [-0.25, -0.2) is 4.39 Å². The molecule has 1 unspecified atom stereocenters. The number of carbonyl (C=O) groups excluding carboxylic acids is 1. The second kappa shape index (κ2) is 8.51. The van der Waals surface area contributed by atoms with Crippen molar-refractivity contribution >= 4 is 40.3 Å². The van der Waals surface area contributed by atoms with Crippen LogP contribution in [0, 0.1) is 5.82 Å². The zero-order valence-corrected chi connectivity index (χ0v) is 17.1. The molecule has 7 heteroatoms. The Kier molecular flexibility index (Phi) is 5.63. The Morgan fingerprint density at radius 1 is 1.10 bits per heavy atom. The van der Waals surface area contributed by atoms with Crippen LogP contribution in [-0.4, -0.2) is 24.2 Å². The average Bonchev–Trinajstić information content (AvgIpc) is 3.18. The fourth-order valence-corrected chi connectivity index (χ4v) is 3.55. The van der Waals surface area contributed by atoms with Crippen molar-refractivity contribution < 1.29 is 13.9 Å². The summed E-state index contributed by atoms with van der Waals surface area (Å²) in [6, 6.07) is 21.7. The van der Waals surface area contributed by atoms with Crippen molar-refractivity contribution in [2.24, 2.45) is 0 Å². The van der Waals surface area contributed by atoms with Crippen molar-refractivity contribution in [1.82, 2.24) is 5.32 Å². The van der Waals surface area contributed by atoms with Crippen LogP contribution in [-0.2, 0) is 11.2 Å². The lowest BCUT2D eigenvalue weighted by molar-refractivity contribution is -0.125. The number of carbonyl (C=O) groups is 1. The molecule has 0 aliphatic carbocycles. The van der Waals surface area contributed by atoms with Gasteiger partial charge in [-0.3, -0.25) is 10.1 Å².